The third-order valence-corrected chi connectivity index (χ3v) is 3.17. The molecule has 1 N–H and O–H groups in total. The van der Waals surface area contributed by atoms with Crippen LogP contribution in [-0.2, 0) is 6.54 Å². The van der Waals surface area contributed by atoms with Gasteiger partial charge in [0.05, 0.1) is 0 Å². The maximum Gasteiger partial charge on any atom is 0.0271 e. The van der Waals surface area contributed by atoms with Gasteiger partial charge >= 0.3 is 0 Å². The van der Waals surface area contributed by atoms with Crippen molar-refractivity contribution in [2.45, 2.75) is 19.4 Å². The van der Waals surface area contributed by atoms with E-state index in [1.807, 2.05) is 12.4 Å². The van der Waals surface area contributed by atoms with Crippen molar-refractivity contribution in [2.75, 3.05) is 26.7 Å². The summed E-state index contributed by atoms with van der Waals surface area (Å²) in [5, 5.41) is 3.47. The van der Waals surface area contributed by atoms with Gasteiger partial charge < -0.3 is 10.2 Å². The van der Waals surface area contributed by atoms with E-state index in [4.69, 9.17) is 0 Å². The first-order chi connectivity index (χ1) is 7.84. The molecule has 0 unspecified atom stereocenters. The summed E-state index contributed by atoms with van der Waals surface area (Å²) in [6.45, 7) is 4.60. The predicted octanol–water partition coefficient (Wildman–Crippen LogP) is 1.51. The number of pyridine rings is 1. The Bertz CT molecular complexity index is 293. The Labute approximate surface area is 97.9 Å². The molecule has 0 saturated carbocycles. The Morgan fingerprint density at radius 1 is 1.44 bits per heavy atom. The average Bonchev–Trinajstić information content (AvgIpc) is 2.31. The second-order valence-corrected chi connectivity index (χ2v) is 4.76. The summed E-state index contributed by atoms with van der Waals surface area (Å²) in [4.78, 5) is 6.45. The Kier molecular flexibility index (Phi) is 4.31. The zero-order valence-corrected chi connectivity index (χ0v) is 10.0. The van der Waals surface area contributed by atoms with Gasteiger partial charge in [0.25, 0.3) is 0 Å². The predicted molar refractivity (Wildman–Crippen MR) is 66.2 cm³/mol. The molecule has 1 fully saturated rings. The summed E-state index contributed by atoms with van der Waals surface area (Å²) >= 11 is 0. The van der Waals surface area contributed by atoms with Gasteiger partial charge in [0.15, 0.2) is 0 Å². The molecule has 88 valence electrons. The van der Waals surface area contributed by atoms with Crippen molar-refractivity contribution >= 4 is 0 Å². The van der Waals surface area contributed by atoms with Crippen LogP contribution in [0.5, 0.6) is 0 Å². The van der Waals surface area contributed by atoms with Crippen molar-refractivity contribution in [3.05, 3.63) is 30.1 Å². The highest BCUT2D eigenvalue weighted by Crippen LogP contribution is 2.12. The molecule has 2 heterocycles. The summed E-state index contributed by atoms with van der Waals surface area (Å²) in [7, 11) is 2.20. The molecule has 0 amide bonds. The summed E-state index contributed by atoms with van der Waals surface area (Å²) in [6, 6.07) is 4.19. The molecular formula is C13H21N3. The van der Waals surface area contributed by atoms with Crippen molar-refractivity contribution in [3.63, 3.8) is 0 Å². The van der Waals surface area contributed by atoms with E-state index in [9.17, 15) is 0 Å². The van der Waals surface area contributed by atoms with Gasteiger partial charge in [-0.25, -0.2) is 0 Å². The van der Waals surface area contributed by atoms with Crippen LogP contribution in [0.4, 0.5) is 0 Å². The number of hydrogen-bond donors (Lipinski definition) is 1. The van der Waals surface area contributed by atoms with Crippen LogP contribution in [0.2, 0.25) is 0 Å². The van der Waals surface area contributed by atoms with Crippen molar-refractivity contribution in [1.82, 2.24) is 15.2 Å². The van der Waals surface area contributed by atoms with Crippen molar-refractivity contribution in [1.29, 1.82) is 0 Å². The zero-order chi connectivity index (χ0) is 11.2. The summed E-state index contributed by atoms with van der Waals surface area (Å²) in [6.07, 6.45) is 6.43. The van der Waals surface area contributed by atoms with Gasteiger partial charge in [0.2, 0.25) is 0 Å². The molecule has 0 aliphatic carbocycles. The van der Waals surface area contributed by atoms with Gasteiger partial charge in [0, 0.05) is 25.5 Å². The Balaban J connectivity index is 1.77. The molecule has 0 radical (unpaired) electrons. The van der Waals surface area contributed by atoms with Crippen LogP contribution in [0.25, 0.3) is 0 Å². The second kappa shape index (κ2) is 5.97. The number of hydrogen-bond acceptors (Lipinski definition) is 3. The maximum absolute atomic E-state index is 4.04. The van der Waals surface area contributed by atoms with Gasteiger partial charge in [-0.2, -0.15) is 0 Å². The standard InChI is InChI=1S/C13H21N3/c1-16(10-12-4-7-14-8-5-12)11-13-3-2-6-15-9-13/h4-5,7-8,13,15H,2-3,6,9-11H2,1H3/t13-/m0/s1. The number of piperidine rings is 1. The third kappa shape index (κ3) is 3.58. The Morgan fingerprint density at radius 3 is 2.94 bits per heavy atom. The molecule has 3 nitrogen and oxygen atoms in total. The van der Waals surface area contributed by atoms with Gasteiger partial charge in [-0.05, 0) is 56.6 Å². The molecule has 1 atom stereocenters. The van der Waals surface area contributed by atoms with Gasteiger partial charge in [0.1, 0.15) is 0 Å². The largest absolute Gasteiger partial charge is 0.316 e. The summed E-state index contributed by atoms with van der Waals surface area (Å²) in [5.41, 5.74) is 1.35. The SMILES string of the molecule is CN(Cc1ccncc1)C[C@H]1CCCNC1. The topological polar surface area (TPSA) is 28.2 Å². The van der Waals surface area contributed by atoms with Crippen LogP contribution in [0.3, 0.4) is 0 Å². The minimum absolute atomic E-state index is 0.820. The normalized spacial score (nSPS) is 21.2. The number of nitrogens with zero attached hydrogens (tertiary/aromatic N) is 2. The van der Waals surface area contributed by atoms with Gasteiger partial charge in [-0.3, -0.25) is 4.98 Å². The molecular weight excluding hydrogens is 198 g/mol. The van der Waals surface area contributed by atoms with E-state index in [1.165, 1.54) is 38.0 Å². The fourth-order valence-electron chi connectivity index (χ4n) is 2.39. The summed E-state index contributed by atoms with van der Waals surface area (Å²) in [5.74, 6) is 0.820. The molecule has 0 aromatic carbocycles. The van der Waals surface area contributed by atoms with E-state index in [2.05, 4.69) is 34.4 Å². The lowest BCUT2D eigenvalue weighted by atomic mass is 9.99. The molecule has 1 aliphatic rings. The van der Waals surface area contributed by atoms with E-state index in [-0.39, 0.29) is 0 Å². The number of nitrogens with one attached hydrogen (secondary N) is 1. The minimum atomic E-state index is 0.820. The molecule has 3 heteroatoms. The smallest absolute Gasteiger partial charge is 0.0271 e. The number of rotatable bonds is 4. The van der Waals surface area contributed by atoms with Crippen LogP contribution in [-0.4, -0.2) is 36.6 Å². The first-order valence-electron chi connectivity index (χ1n) is 6.13. The molecule has 1 saturated heterocycles. The first kappa shape index (κ1) is 11.6. The second-order valence-electron chi connectivity index (χ2n) is 4.76. The van der Waals surface area contributed by atoms with Crippen LogP contribution >= 0.6 is 0 Å². The van der Waals surface area contributed by atoms with E-state index in [0.717, 1.165) is 12.5 Å². The molecule has 2 rings (SSSR count). The van der Waals surface area contributed by atoms with Crippen molar-refractivity contribution in [2.24, 2.45) is 5.92 Å². The third-order valence-electron chi connectivity index (χ3n) is 3.17. The van der Waals surface area contributed by atoms with E-state index < -0.39 is 0 Å². The lowest BCUT2D eigenvalue weighted by Gasteiger charge is -2.27. The monoisotopic (exact) mass is 219 g/mol. The molecule has 1 aromatic rings. The van der Waals surface area contributed by atoms with Gasteiger partial charge in [-0.15, -0.1) is 0 Å². The fourth-order valence-corrected chi connectivity index (χ4v) is 2.39. The highest BCUT2D eigenvalue weighted by atomic mass is 15.1. The first-order valence-corrected chi connectivity index (χ1v) is 6.13. The summed E-state index contributed by atoms with van der Waals surface area (Å²) < 4.78 is 0. The van der Waals surface area contributed by atoms with E-state index in [0.29, 0.717) is 0 Å². The lowest BCUT2D eigenvalue weighted by molar-refractivity contribution is 0.237. The number of aromatic nitrogens is 1. The minimum Gasteiger partial charge on any atom is -0.316 e. The van der Waals surface area contributed by atoms with Crippen molar-refractivity contribution < 1.29 is 0 Å². The molecule has 1 aromatic heterocycles. The van der Waals surface area contributed by atoms with Crippen LogP contribution in [0.15, 0.2) is 24.5 Å². The highest BCUT2D eigenvalue weighted by Gasteiger charge is 2.14. The average molecular weight is 219 g/mol. The van der Waals surface area contributed by atoms with E-state index in [1.54, 1.807) is 0 Å². The van der Waals surface area contributed by atoms with Crippen LogP contribution < -0.4 is 5.32 Å². The van der Waals surface area contributed by atoms with E-state index >= 15 is 0 Å². The van der Waals surface area contributed by atoms with Crippen LogP contribution in [0.1, 0.15) is 18.4 Å². The Morgan fingerprint density at radius 2 is 2.25 bits per heavy atom. The fraction of sp³-hybridized carbons (Fsp3) is 0.615. The van der Waals surface area contributed by atoms with Gasteiger partial charge in [-0.1, -0.05) is 0 Å². The van der Waals surface area contributed by atoms with Crippen molar-refractivity contribution in [3.8, 4) is 0 Å². The zero-order valence-electron chi connectivity index (χ0n) is 10.0. The molecule has 1 aliphatic heterocycles. The lowest BCUT2D eigenvalue weighted by Crippen LogP contribution is -2.36. The Hall–Kier alpha value is -0.930. The quantitative estimate of drug-likeness (QED) is 0.832. The van der Waals surface area contributed by atoms with Crippen LogP contribution in [0, 0.1) is 5.92 Å². The maximum atomic E-state index is 4.04. The molecule has 0 spiro atoms. The molecule has 16 heavy (non-hydrogen) atoms. The highest BCUT2D eigenvalue weighted by molar-refractivity contribution is 5.09. The molecule has 0 bridgehead atoms.